The van der Waals surface area contributed by atoms with Crippen LogP contribution in [0.5, 0.6) is 0 Å². The number of benzene rings is 1. The first-order valence-corrected chi connectivity index (χ1v) is 8.20. The summed E-state index contributed by atoms with van der Waals surface area (Å²) in [5.74, 6) is 0. The van der Waals surface area contributed by atoms with Crippen LogP contribution in [0.25, 0.3) is 11.0 Å². The number of hydrogen-bond donors (Lipinski definition) is 1. The van der Waals surface area contributed by atoms with Crippen molar-refractivity contribution >= 4 is 32.8 Å². The molecule has 1 aliphatic rings. The number of hydrogen-bond acceptors (Lipinski definition) is 7. The first-order valence-electron chi connectivity index (χ1n) is 5.98. The summed E-state index contributed by atoms with van der Waals surface area (Å²) >= 11 is 0.986. The van der Waals surface area contributed by atoms with E-state index in [9.17, 15) is 8.42 Å². The summed E-state index contributed by atoms with van der Waals surface area (Å²) in [5, 5.41) is 8.79. The Labute approximate surface area is 120 Å². The molecule has 0 bridgehead atoms. The standard InChI is InChI=1S/C11H11N5O2S2/c12-7-16-5-4-8(6-16)15-20(17,18)10-3-1-2-9-11(10)14-19-13-9/h1-3,8,15H,4-6H2/t8-/m1/s1. The lowest BCUT2D eigenvalue weighted by Gasteiger charge is -2.12. The molecular weight excluding hydrogens is 298 g/mol. The molecule has 0 amide bonds. The van der Waals surface area contributed by atoms with Crippen molar-refractivity contribution in [2.45, 2.75) is 17.4 Å². The number of sulfonamides is 1. The second-order valence-corrected chi connectivity index (χ2v) is 6.75. The van der Waals surface area contributed by atoms with E-state index in [0.717, 1.165) is 11.7 Å². The number of nitrogens with zero attached hydrogens (tertiary/aromatic N) is 4. The third kappa shape index (κ3) is 2.33. The topological polar surface area (TPSA) is 99.0 Å². The summed E-state index contributed by atoms with van der Waals surface area (Å²) in [4.78, 5) is 1.68. The highest BCUT2D eigenvalue weighted by molar-refractivity contribution is 7.89. The normalized spacial score (nSPS) is 19.4. The van der Waals surface area contributed by atoms with E-state index in [4.69, 9.17) is 5.26 Å². The average Bonchev–Trinajstić information content (AvgIpc) is 3.05. The van der Waals surface area contributed by atoms with Crippen molar-refractivity contribution in [2.75, 3.05) is 13.1 Å². The zero-order valence-electron chi connectivity index (χ0n) is 10.4. The number of nitriles is 1. The molecule has 3 rings (SSSR count). The summed E-state index contributed by atoms with van der Waals surface area (Å²) in [6.45, 7) is 0.979. The van der Waals surface area contributed by atoms with E-state index in [2.05, 4.69) is 13.5 Å². The van der Waals surface area contributed by atoms with Gasteiger partial charge in [-0.25, -0.2) is 13.1 Å². The molecule has 0 saturated carbocycles. The highest BCUT2D eigenvalue weighted by atomic mass is 32.2. The minimum Gasteiger partial charge on any atom is -0.309 e. The van der Waals surface area contributed by atoms with Gasteiger partial charge in [-0.1, -0.05) is 6.07 Å². The van der Waals surface area contributed by atoms with E-state index in [-0.39, 0.29) is 10.9 Å². The number of aromatic nitrogens is 2. The molecule has 20 heavy (non-hydrogen) atoms. The lowest BCUT2D eigenvalue weighted by atomic mass is 10.3. The maximum Gasteiger partial charge on any atom is 0.243 e. The summed E-state index contributed by atoms with van der Waals surface area (Å²) in [7, 11) is -3.65. The summed E-state index contributed by atoms with van der Waals surface area (Å²) < 4.78 is 35.5. The molecule has 1 fully saturated rings. The van der Waals surface area contributed by atoms with E-state index in [0.29, 0.717) is 30.5 Å². The van der Waals surface area contributed by atoms with Crippen molar-refractivity contribution in [3.8, 4) is 6.19 Å². The third-order valence-corrected chi connectivity index (χ3v) is 5.28. The molecule has 104 valence electrons. The van der Waals surface area contributed by atoms with Crippen LogP contribution >= 0.6 is 11.7 Å². The molecule has 1 N–H and O–H groups in total. The van der Waals surface area contributed by atoms with E-state index < -0.39 is 10.0 Å². The van der Waals surface area contributed by atoms with Gasteiger partial charge in [0.1, 0.15) is 15.9 Å². The Morgan fingerprint density at radius 3 is 3.05 bits per heavy atom. The molecule has 1 aliphatic heterocycles. The fourth-order valence-electron chi connectivity index (χ4n) is 2.23. The lowest BCUT2D eigenvalue weighted by Crippen LogP contribution is -2.36. The molecule has 1 atom stereocenters. The molecule has 1 saturated heterocycles. The Balaban J connectivity index is 1.89. The fraction of sp³-hybridized carbons (Fsp3) is 0.364. The van der Waals surface area contributed by atoms with Crippen LogP contribution in [0.1, 0.15) is 6.42 Å². The smallest absolute Gasteiger partial charge is 0.243 e. The average molecular weight is 309 g/mol. The first-order chi connectivity index (χ1) is 9.60. The van der Waals surface area contributed by atoms with E-state index >= 15 is 0 Å². The van der Waals surface area contributed by atoms with Crippen LogP contribution in [0.15, 0.2) is 23.1 Å². The minimum atomic E-state index is -3.65. The van der Waals surface area contributed by atoms with Gasteiger partial charge < -0.3 is 4.90 Å². The Morgan fingerprint density at radius 2 is 2.30 bits per heavy atom. The molecule has 0 radical (unpaired) electrons. The van der Waals surface area contributed by atoms with Crippen LogP contribution in [-0.4, -0.2) is 41.2 Å². The lowest BCUT2D eigenvalue weighted by molar-refractivity contribution is 0.470. The van der Waals surface area contributed by atoms with Gasteiger partial charge in [0.05, 0.1) is 11.7 Å². The van der Waals surface area contributed by atoms with Gasteiger partial charge in [0.15, 0.2) is 6.19 Å². The zero-order chi connectivity index (χ0) is 14.2. The van der Waals surface area contributed by atoms with Crippen molar-refractivity contribution in [3.05, 3.63) is 18.2 Å². The maximum absolute atomic E-state index is 12.4. The third-order valence-electron chi connectivity index (χ3n) is 3.19. The first kappa shape index (κ1) is 13.2. The zero-order valence-corrected chi connectivity index (χ0v) is 12.0. The van der Waals surface area contributed by atoms with Crippen LogP contribution in [-0.2, 0) is 10.0 Å². The fourth-order valence-corrected chi connectivity index (χ4v) is 4.26. The van der Waals surface area contributed by atoms with Gasteiger partial charge >= 0.3 is 0 Å². The van der Waals surface area contributed by atoms with E-state index in [1.807, 2.05) is 6.19 Å². The molecular formula is C11H11N5O2S2. The van der Waals surface area contributed by atoms with Gasteiger partial charge in [-0.2, -0.15) is 14.0 Å². The van der Waals surface area contributed by atoms with E-state index in [1.54, 1.807) is 12.1 Å². The predicted octanol–water partition coefficient (Wildman–Crippen LogP) is 0.525. The number of nitrogens with one attached hydrogen (secondary N) is 1. The van der Waals surface area contributed by atoms with Gasteiger partial charge in [-0.3, -0.25) is 0 Å². The summed E-state index contributed by atoms with van der Waals surface area (Å²) in [6.07, 6.45) is 2.65. The van der Waals surface area contributed by atoms with Crippen molar-refractivity contribution in [2.24, 2.45) is 0 Å². The quantitative estimate of drug-likeness (QED) is 0.830. The second kappa shape index (κ2) is 4.97. The Hall–Kier alpha value is -1.76. The SMILES string of the molecule is N#CN1CC[C@@H](NS(=O)(=O)c2cccc3nsnc23)C1. The van der Waals surface area contributed by atoms with Gasteiger partial charge in [0.25, 0.3) is 0 Å². The van der Waals surface area contributed by atoms with Crippen LogP contribution < -0.4 is 4.72 Å². The Kier molecular flexibility index (Phi) is 3.29. The molecule has 9 heteroatoms. The molecule has 0 spiro atoms. The monoisotopic (exact) mass is 309 g/mol. The van der Waals surface area contributed by atoms with Crippen molar-refractivity contribution in [1.29, 1.82) is 5.26 Å². The van der Waals surface area contributed by atoms with Crippen LogP contribution in [0.2, 0.25) is 0 Å². The predicted molar refractivity (Wildman–Crippen MR) is 73.3 cm³/mol. The number of rotatable bonds is 3. The molecule has 1 aromatic carbocycles. The molecule has 0 aliphatic carbocycles. The van der Waals surface area contributed by atoms with Crippen LogP contribution in [0, 0.1) is 11.5 Å². The maximum atomic E-state index is 12.4. The van der Waals surface area contributed by atoms with Gasteiger partial charge in [-0.15, -0.1) is 0 Å². The van der Waals surface area contributed by atoms with Crippen LogP contribution in [0.3, 0.4) is 0 Å². The second-order valence-electron chi connectivity index (χ2n) is 4.54. The molecule has 2 heterocycles. The Bertz CT molecular complexity index is 779. The largest absolute Gasteiger partial charge is 0.309 e. The summed E-state index contributed by atoms with van der Waals surface area (Å²) in [6, 6.07) is 4.64. The van der Waals surface area contributed by atoms with Gasteiger partial charge in [0.2, 0.25) is 10.0 Å². The molecule has 2 aromatic rings. The minimum absolute atomic E-state index is 0.138. The van der Waals surface area contributed by atoms with Crippen molar-refractivity contribution in [1.82, 2.24) is 18.4 Å². The van der Waals surface area contributed by atoms with Gasteiger partial charge in [-0.05, 0) is 18.6 Å². The van der Waals surface area contributed by atoms with E-state index in [1.165, 1.54) is 11.0 Å². The van der Waals surface area contributed by atoms with Crippen LogP contribution in [0.4, 0.5) is 0 Å². The highest BCUT2D eigenvalue weighted by Crippen LogP contribution is 2.22. The molecule has 7 nitrogen and oxygen atoms in total. The molecule has 0 unspecified atom stereocenters. The Morgan fingerprint density at radius 1 is 1.45 bits per heavy atom. The van der Waals surface area contributed by atoms with Crippen molar-refractivity contribution in [3.63, 3.8) is 0 Å². The number of fused-ring (bicyclic) bond motifs is 1. The number of likely N-dealkylation sites (tertiary alicyclic amines) is 1. The summed E-state index contributed by atoms with van der Waals surface area (Å²) in [5.41, 5.74) is 0.961. The van der Waals surface area contributed by atoms with Gasteiger partial charge in [0, 0.05) is 19.1 Å². The highest BCUT2D eigenvalue weighted by Gasteiger charge is 2.28. The molecule has 1 aromatic heterocycles. The van der Waals surface area contributed by atoms with Crippen molar-refractivity contribution < 1.29 is 8.42 Å².